The van der Waals surface area contributed by atoms with Crippen LogP contribution in [0.25, 0.3) is 0 Å². The largest absolute Gasteiger partial charge is 0.466 e. The monoisotopic (exact) mass is 617 g/mol. The fourth-order valence-corrected chi connectivity index (χ4v) is 6.22. The number of aromatic amines is 1. The van der Waals surface area contributed by atoms with Crippen LogP contribution in [0.2, 0.25) is 0 Å². The molecule has 2 aliphatic rings. The summed E-state index contributed by atoms with van der Waals surface area (Å²) in [5.74, 6) is -0.0782. The Labute approximate surface area is 253 Å². The molecular weight excluding hydrogens is 578 g/mol. The lowest BCUT2D eigenvalue weighted by molar-refractivity contribution is -0.149. The molecule has 2 aromatic rings. The van der Waals surface area contributed by atoms with Gasteiger partial charge in [-0.15, -0.1) is 0 Å². The predicted octanol–water partition coefficient (Wildman–Crippen LogP) is 4.19. The maximum Gasteiger partial charge on any atom is 0.309 e. The number of piperidine rings is 1. The van der Waals surface area contributed by atoms with Crippen molar-refractivity contribution >= 4 is 39.3 Å². The van der Waals surface area contributed by atoms with E-state index in [1.807, 2.05) is 43.0 Å². The number of carbonyl (C=O) groups is 2. The third-order valence-corrected chi connectivity index (χ3v) is 9.33. The predicted molar refractivity (Wildman–Crippen MR) is 164 cm³/mol. The molecule has 2 aliphatic heterocycles. The number of allylic oxidation sites excluding steroid dienone is 2. The van der Waals surface area contributed by atoms with E-state index in [0.29, 0.717) is 56.5 Å². The molecule has 1 aromatic carbocycles. The summed E-state index contributed by atoms with van der Waals surface area (Å²) in [7, 11) is -3.75. The molecule has 0 unspecified atom stereocenters. The Morgan fingerprint density at radius 3 is 2.29 bits per heavy atom. The lowest BCUT2D eigenvalue weighted by Gasteiger charge is -2.33. The van der Waals surface area contributed by atoms with Crippen LogP contribution < -0.4 is 0 Å². The van der Waals surface area contributed by atoms with E-state index in [4.69, 9.17) is 21.7 Å². The summed E-state index contributed by atoms with van der Waals surface area (Å²) in [5, 5.41) is 9.19. The van der Waals surface area contributed by atoms with Gasteiger partial charge in [-0.25, -0.2) is 8.42 Å². The maximum atomic E-state index is 13.0. The van der Waals surface area contributed by atoms with E-state index in [9.17, 15) is 18.0 Å². The van der Waals surface area contributed by atoms with E-state index in [-0.39, 0.29) is 35.9 Å². The number of piperazine rings is 1. The average molecular weight is 618 g/mol. The van der Waals surface area contributed by atoms with Crippen molar-refractivity contribution in [1.82, 2.24) is 19.1 Å². The summed E-state index contributed by atoms with van der Waals surface area (Å²) < 4.78 is 32.3. The van der Waals surface area contributed by atoms with Crippen LogP contribution in [0.15, 0.2) is 59.6 Å². The molecule has 0 aliphatic carbocycles. The zero-order valence-corrected chi connectivity index (χ0v) is 26.1. The van der Waals surface area contributed by atoms with Crippen LogP contribution in [0.1, 0.15) is 42.1 Å². The summed E-state index contributed by atoms with van der Waals surface area (Å²) >= 11 is 5.15. The number of rotatable bonds is 8. The van der Waals surface area contributed by atoms with Crippen LogP contribution in [0.4, 0.5) is 0 Å². The first kappa shape index (κ1) is 33.1. The molecular formula is C30H40ClN5O5S. The zero-order chi connectivity index (χ0) is 31.0. The SMILES string of the molecule is C=CC(=C)Cl.CCOC(=O)C1CCN(C(=N)c2ccc(CN3CCN(S(=O)(=O)c4cc(C)c(C)[nH]4)CC3=O)cc2)CC1. The highest BCUT2D eigenvalue weighted by Gasteiger charge is 2.34. The number of sulfonamides is 1. The van der Waals surface area contributed by atoms with Gasteiger partial charge >= 0.3 is 5.97 Å². The van der Waals surface area contributed by atoms with Crippen molar-refractivity contribution in [3.05, 3.63) is 77.0 Å². The Morgan fingerprint density at radius 2 is 1.79 bits per heavy atom. The number of nitrogens with zero attached hydrogens (tertiary/aromatic N) is 3. The van der Waals surface area contributed by atoms with Gasteiger partial charge in [-0.05, 0) is 50.8 Å². The van der Waals surface area contributed by atoms with E-state index in [1.54, 1.807) is 17.9 Å². The lowest BCUT2D eigenvalue weighted by Crippen LogP contribution is -2.51. The van der Waals surface area contributed by atoms with E-state index in [1.165, 1.54) is 10.4 Å². The fourth-order valence-electron chi connectivity index (χ4n) is 4.73. The van der Waals surface area contributed by atoms with Crippen LogP contribution in [0.5, 0.6) is 0 Å². The van der Waals surface area contributed by atoms with E-state index < -0.39 is 10.0 Å². The molecule has 0 radical (unpaired) electrons. The van der Waals surface area contributed by atoms with Gasteiger partial charge in [0.15, 0.2) is 0 Å². The van der Waals surface area contributed by atoms with Gasteiger partial charge in [-0.2, -0.15) is 4.31 Å². The Bertz CT molecular complexity index is 1390. The van der Waals surface area contributed by atoms with Gasteiger partial charge < -0.3 is 19.5 Å². The van der Waals surface area contributed by atoms with Crippen LogP contribution >= 0.6 is 11.6 Å². The first-order valence-electron chi connectivity index (χ1n) is 13.9. The molecule has 3 heterocycles. The molecule has 0 spiro atoms. The van der Waals surface area contributed by atoms with Gasteiger partial charge in [-0.1, -0.05) is 55.1 Å². The number of aryl methyl sites for hydroxylation is 2. The molecule has 2 N–H and O–H groups in total. The Balaban J connectivity index is 0.000000892. The van der Waals surface area contributed by atoms with E-state index >= 15 is 0 Å². The second-order valence-corrected chi connectivity index (χ2v) is 12.7. The van der Waals surface area contributed by atoms with Crippen LogP contribution in [0.3, 0.4) is 0 Å². The number of nitrogens with one attached hydrogen (secondary N) is 2. The Hall–Kier alpha value is -3.41. The molecule has 10 nitrogen and oxygen atoms in total. The van der Waals surface area contributed by atoms with E-state index in [0.717, 1.165) is 22.4 Å². The summed E-state index contributed by atoms with van der Waals surface area (Å²) in [4.78, 5) is 31.3. The highest BCUT2D eigenvalue weighted by atomic mass is 35.5. The number of hydrogen-bond acceptors (Lipinski definition) is 6. The highest BCUT2D eigenvalue weighted by molar-refractivity contribution is 7.89. The second kappa shape index (κ2) is 14.7. The number of esters is 1. The van der Waals surface area contributed by atoms with Crippen molar-refractivity contribution in [3.8, 4) is 0 Å². The normalized spacial score (nSPS) is 16.4. The van der Waals surface area contributed by atoms with Gasteiger partial charge in [0.2, 0.25) is 5.91 Å². The van der Waals surface area contributed by atoms with E-state index in [2.05, 4.69) is 18.1 Å². The number of carbonyl (C=O) groups excluding carboxylic acids is 2. The third-order valence-electron chi connectivity index (χ3n) is 7.40. The highest BCUT2D eigenvalue weighted by Crippen LogP contribution is 2.22. The molecule has 4 rings (SSSR count). The van der Waals surface area contributed by atoms with Crippen LogP contribution in [0, 0.1) is 25.2 Å². The molecule has 0 saturated carbocycles. The molecule has 12 heteroatoms. The van der Waals surface area contributed by atoms with Crippen molar-refractivity contribution in [3.63, 3.8) is 0 Å². The number of H-pyrrole nitrogens is 1. The molecule has 228 valence electrons. The first-order chi connectivity index (χ1) is 19.9. The Kier molecular flexibility index (Phi) is 11.6. The summed E-state index contributed by atoms with van der Waals surface area (Å²) in [5.41, 5.74) is 3.34. The molecule has 1 aromatic heterocycles. The molecule has 0 bridgehead atoms. The van der Waals surface area contributed by atoms with Crippen LogP contribution in [-0.4, -0.2) is 84.5 Å². The van der Waals surface area contributed by atoms with Gasteiger partial charge in [0.1, 0.15) is 10.9 Å². The summed E-state index contributed by atoms with van der Waals surface area (Å²) in [6.45, 7) is 14.5. The number of amidine groups is 1. The van der Waals surface area contributed by atoms with Crippen LogP contribution in [-0.2, 0) is 30.9 Å². The smallest absolute Gasteiger partial charge is 0.309 e. The number of halogens is 1. The molecule has 0 atom stereocenters. The lowest BCUT2D eigenvalue weighted by atomic mass is 9.96. The minimum absolute atomic E-state index is 0.101. The van der Waals surface area contributed by atoms with Crippen molar-refractivity contribution < 1.29 is 22.7 Å². The number of likely N-dealkylation sites (tertiary alicyclic amines) is 1. The quantitative estimate of drug-likeness (QED) is 0.198. The van der Waals surface area contributed by atoms with Gasteiger partial charge in [0, 0.05) is 49.0 Å². The molecule has 2 saturated heterocycles. The molecule has 42 heavy (non-hydrogen) atoms. The van der Waals surface area contributed by atoms with Gasteiger partial charge in [0.25, 0.3) is 10.0 Å². The fraction of sp³-hybridized carbons (Fsp3) is 0.433. The zero-order valence-electron chi connectivity index (χ0n) is 24.5. The Morgan fingerprint density at radius 1 is 1.17 bits per heavy atom. The van der Waals surface area contributed by atoms with Gasteiger partial charge in [0.05, 0.1) is 19.1 Å². The number of ether oxygens (including phenoxy) is 1. The minimum atomic E-state index is -3.75. The first-order valence-corrected chi connectivity index (χ1v) is 15.7. The van der Waals surface area contributed by atoms with Crippen molar-refractivity contribution in [1.29, 1.82) is 5.41 Å². The number of amides is 1. The van der Waals surface area contributed by atoms with Crippen molar-refractivity contribution in [2.24, 2.45) is 5.92 Å². The van der Waals surface area contributed by atoms with Crippen molar-refractivity contribution in [2.45, 2.75) is 45.2 Å². The number of aromatic nitrogens is 1. The minimum Gasteiger partial charge on any atom is -0.466 e. The third kappa shape index (κ3) is 8.33. The molecule has 1 amide bonds. The summed E-state index contributed by atoms with van der Waals surface area (Å²) in [6, 6.07) is 9.14. The maximum absolute atomic E-state index is 13.0. The van der Waals surface area contributed by atoms with Gasteiger partial charge in [-0.3, -0.25) is 15.0 Å². The van der Waals surface area contributed by atoms with Crippen molar-refractivity contribution in [2.75, 3.05) is 39.3 Å². The number of hydrogen-bond donors (Lipinski definition) is 2. The standard InChI is InChI=1S/C26H35N5O5S.C4H5Cl/c1-4-36-26(33)22-9-11-29(12-10-22)25(27)21-7-5-20(6-8-21)16-30-13-14-31(17-24(30)32)37(34,35)23-15-18(2)19(3)28-23;1-3-4(2)5/h5-8,15,22,27-28H,4,9-14,16-17H2,1-3H3;3H,1-2H2. The topological polar surface area (TPSA) is 127 Å². The molecule has 2 fully saturated rings. The number of benzene rings is 1. The average Bonchev–Trinajstić information content (AvgIpc) is 3.33. The summed E-state index contributed by atoms with van der Waals surface area (Å²) in [6.07, 6.45) is 2.83. The second-order valence-electron chi connectivity index (χ2n) is 10.3.